The fraction of sp³-hybridized carbons (Fsp3) is 0.0588. The van der Waals surface area contributed by atoms with Gasteiger partial charge in [0.05, 0.1) is 18.1 Å². The van der Waals surface area contributed by atoms with Crippen molar-refractivity contribution >= 4 is 23.9 Å². The summed E-state index contributed by atoms with van der Waals surface area (Å²) >= 11 is 1.71. The summed E-state index contributed by atoms with van der Waals surface area (Å²) < 4.78 is 0. The van der Waals surface area contributed by atoms with Crippen molar-refractivity contribution in [3.8, 4) is 11.3 Å². The van der Waals surface area contributed by atoms with E-state index in [9.17, 15) is 0 Å². The maximum atomic E-state index is 4.40. The number of rotatable bonds is 5. The van der Waals surface area contributed by atoms with Gasteiger partial charge in [0, 0.05) is 10.5 Å². The minimum absolute atomic E-state index is 0.364. The molecule has 23 heavy (non-hydrogen) atoms. The van der Waals surface area contributed by atoms with E-state index in [4.69, 9.17) is 0 Å². The third-order valence-electron chi connectivity index (χ3n) is 3.12. The molecule has 0 amide bonds. The second-order valence-corrected chi connectivity index (χ2v) is 5.55. The van der Waals surface area contributed by atoms with Crippen molar-refractivity contribution < 1.29 is 0 Å². The predicted octanol–water partition coefficient (Wildman–Crippen LogP) is 3.71. The van der Waals surface area contributed by atoms with Gasteiger partial charge in [-0.1, -0.05) is 42.5 Å². The number of aromatic nitrogens is 3. The molecule has 1 aromatic heterocycles. The standard InChI is InChI=1S/C17H15N5S/c1-23-15-9-7-13(8-10-15)11-18-21-17-20-16(12-19-22-17)14-5-3-2-4-6-14/h2-12H,1H3,(H,20,21,22)/b18-11-. The number of thioether (sulfide) groups is 1. The Hall–Kier alpha value is -2.73. The highest BCUT2D eigenvalue weighted by Gasteiger charge is 2.01. The first-order valence-electron chi connectivity index (χ1n) is 7.03. The summed E-state index contributed by atoms with van der Waals surface area (Å²) in [6.07, 6.45) is 5.41. The SMILES string of the molecule is CSc1ccc(/C=N\Nc2nncc(-c3ccccc3)n2)cc1. The van der Waals surface area contributed by atoms with Gasteiger partial charge in [-0.05, 0) is 24.0 Å². The van der Waals surface area contributed by atoms with Crippen molar-refractivity contribution in [3.63, 3.8) is 0 Å². The third-order valence-corrected chi connectivity index (χ3v) is 3.87. The number of hydrazone groups is 1. The van der Waals surface area contributed by atoms with Gasteiger partial charge in [-0.2, -0.15) is 10.2 Å². The normalized spacial score (nSPS) is 10.8. The Labute approximate surface area is 138 Å². The monoisotopic (exact) mass is 321 g/mol. The smallest absolute Gasteiger partial charge is 0.244 e. The quantitative estimate of drug-likeness (QED) is 0.441. The molecule has 114 valence electrons. The second kappa shape index (κ2) is 7.51. The number of hydrogen-bond donors (Lipinski definition) is 1. The molecular weight excluding hydrogens is 306 g/mol. The van der Waals surface area contributed by atoms with Gasteiger partial charge >= 0.3 is 0 Å². The van der Waals surface area contributed by atoms with Crippen LogP contribution in [0.1, 0.15) is 5.56 Å². The van der Waals surface area contributed by atoms with Crippen molar-refractivity contribution in [2.75, 3.05) is 11.7 Å². The molecule has 0 fully saturated rings. The zero-order valence-electron chi connectivity index (χ0n) is 12.5. The number of anilines is 1. The summed E-state index contributed by atoms with van der Waals surface area (Å²) in [4.78, 5) is 5.62. The molecule has 0 bridgehead atoms. The fourth-order valence-corrected chi connectivity index (χ4v) is 2.36. The van der Waals surface area contributed by atoms with Crippen LogP contribution in [0.25, 0.3) is 11.3 Å². The summed E-state index contributed by atoms with van der Waals surface area (Å²) in [5, 5.41) is 12.0. The Morgan fingerprint density at radius 2 is 1.83 bits per heavy atom. The predicted molar refractivity (Wildman–Crippen MR) is 94.7 cm³/mol. The molecule has 0 aliphatic carbocycles. The topological polar surface area (TPSA) is 63.1 Å². The molecule has 0 radical (unpaired) electrons. The van der Waals surface area contributed by atoms with Crippen LogP contribution in [-0.2, 0) is 0 Å². The molecule has 0 atom stereocenters. The van der Waals surface area contributed by atoms with E-state index in [0.29, 0.717) is 5.95 Å². The van der Waals surface area contributed by atoms with E-state index in [1.165, 1.54) is 4.90 Å². The van der Waals surface area contributed by atoms with Gasteiger partial charge < -0.3 is 0 Å². The molecule has 5 nitrogen and oxygen atoms in total. The van der Waals surface area contributed by atoms with Crippen molar-refractivity contribution in [3.05, 3.63) is 66.4 Å². The van der Waals surface area contributed by atoms with E-state index >= 15 is 0 Å². The van der Waals surface area contributed by atoms with Crippen LogP contribution < -0.4 is 5.43 Å². The molecule has 3 aromatic rings. The lowest BCUT2D eigenvalue weighted by Gasteiger charge is -2.02. The van der Waals surface area contributed by atoms with Crippen LogP contribution in [0.3, 0.4) is 0 Å². The first kappa shape index (κ1) is 15.2. The fourth-order valence-electron chi connectivity index (χ4n) is 1.95. The van der Waals surface area contributed by atoms with Gasteiger partial charge in [0.25, 0.3) is 5.95 Å². The number of hydrogen-bond acceptors (Lipinski definition) is 6. The number of nitrogens with one attached hydrogen (secondary N) is 1. The largest absolute Gasteiger partial charge is 0.263 e. The van der Waals surface area contributed by atoms with Crippen LogP contribution in [0.15, 0.2) is 70.8 Å². The van der Waals surface area contributed by atoms with E-state index in [2.05, 4.69) is 44.1 Å². The number of nitrogens with zero attached hydrogens (tertiary/aromatic N) is 4. The lowest BCUT2D eigenvalue weighted by molar-refractivity contribution is 0.967. The molecule has 2 aromatic carbocycles. The Morgan fingerprint density at radius 1 is 1.04 bits per heavy atom. The highest BCUT2D eigenvalue weighted by atomic mass is 32.2. The molecule has 0 spiro atoms. The van der Waals surface area contributed by atoms with Gasteiger partial charge in [0.2, 0.25) is 0 Å². The Kier molecular flexibility index (Phi) is 4.95. The molecule has 1 heterocycles. The van der Waals surface area contributed by atoms with Crippen molar-refractivity contribution in [1.29, 1.82) is 0 Å². The summed E-state index contributed by atoms with van der Waals surface area (Å²) in [6, 6.07) is 18.0. The summed E-state index contributed by atoms with van der Waals surface area (Å²) in [7, 11) is 0. The zero-order chi connectivity index (χ0) is 15.9. The van der Waals surface area contributed by atoms with E-state index in [1.807, 2.05) is 42.5 Å². The van der Waals surface area contributed by atoms with Crippen LogP contribution in [-0.4, -0.2) is 27.7 Å². The van der Waals surface area contributed by atoms with Gasteiger partial charge in [-0.3, -0.25) is 0 Å². The minimum Gasteiger partial charge on any atom is -0.244 e. The molecule has 6 heteroatoms. The maximum Gasteiger partial charge on any atom is 0.263 e. The maximum absolute atomic E-state index is 4.40. The molecule has 3 rings (SSSR count). The van der Waals surface area contributed by atoms with Crippen LogP contribution >= 0.6 is 11.8 Å². The van der Waals surface area contributed by atoms with Crippen LogP contribution in [0.4, 0.5) is 5.95 Å². The third kappa shape index (κ3) is 4.14. The van der Waals surface area contributed by atoms with E-state index in [-0.39, 0.29) is 0 Å². The summed E-state index contributed by atoms with van der Waals surface area (Å²) in [5.41, 5.74) is 5.55. The minimum atomic E-state index is 0.364. The molecule has 0 aliphatic rings. The average molecular weight is 321 g/mol. The van der Waals surface area contributed by atoms with E-state index < -0.39 is 0 Å². The van der Waals surface area contributed by atoms with E-state index in [0.717, 1.165) is 16.8 Å². The van der Waals surface area contributed by atoms with Gasteiger partial charge in [0.1, 0.15) is 0 Å². The molecule has 0 unspecified atom stereocenters. The average Bonchev–Trinajstić information content (AvgIpc) is 2.63. The Bertz CT molecular complexity index is 788. The molecular formula is C17H15N5S. The van der Waals surface area contributed by atoms with Crippen molar-refractivity contribution in [2.45, 2.75) is 4.90 Å². The zero-order valence-corrected chi connectivity index (χ0v) is 13.4. The highest BCUT2D eigenvalue weighted by Crippen LogP contribution is 2.16. The molecule has 0 aliphatic heterocycles. The Balaban J connectivity index is 1.69. The number of benzene rings is 2. The van der Waals surface area contributed by atoms with Crippen LogP contribution in [0.2, 0.25) is 0 Å². The summed E-state index contributed by atoms with van der Waals surface area (Å²) in [5.74, 6) is 0.364. The second-order valence-electron chi connectivity index (χ2n) is 4.67. The summed E-state index contributed by atoms with van der Waals surface area (Å²) in [6.45, 7) is 0. The Morgan fingerprint density at radius 3 is 2.57 bits per heavy atom. The molecule has 1 N–H and O–H groups in total. The van der Waals surface area contributed by atoms with E-state index in [1.54, 1.807) is 24.2 Å². The van der Waals surface area contributed by atoms with Gasteiger partial charge in [-0.25, -0.2) is 10.4 Å². The first-order valence-corrected chi connectivity index (χ1v) is 8.26. The molecule has 0 saturated carbocycles. The van der Waals surface area contributed by atoms with Crippen LogP contribution in [0.5, 0.6) is 0 Å². The van der Waals surface area contributed by atoms with Crippen molar-refractivity contribution in [1.82, 2.24) is 15.2 Å². The van der Waals surface area contributed by atoms with Crippen LogP contribution in [0, 0.1) is 0 Å². The van der Waals surface area contributed by atoms with Crippen molar-refractivity contribution in [2.24, 2.45) is 5.10 Å². The molecule has 0 saturated heterocycles. The first-order chi connectivity index (χ1) is 11.3. The lowest BCUT2D eigenvalue weighted by Crippen LogP contribution is -1.99. The van der Waals surface area contributed by atoms with Gasteiger partial charge in [0.15, 0.2) is 0 Å². The highest BCUT2D eigenvalue weighted by molar-refractivity contribution is 7.98. The van der Waals surface area contributed by atoms with Gasteiger partial charge in [-0.15, -0.1) is 16.9 Å². The lowest BCUT2D eigenvalue weighted by atomic mass is 10.2.